The summed E-state index contributed by atoms with van der Waals surface area (Å²) in [7, 11) is 0. The smallest absolute Gasteiger partial charge is 0.422 e. The number of halogens is 3. The summed E-state index contributed by atoms with van der Waals surface area (Å²) in [6, 6.07) is 6.71. The van der Waals surface area contributed by atoms with E-state index in [9.17, 15) is 13.2 Å². The van der Waals surface area contributed by atoms with E-state index in [1.807, 2.05) is 0 Å². The molecule has 2 rings (SSSR count). The maximum Gasteiger partial charge on any atom is 0.422 e. The predicted octanol–water partition coefficient (Wildman–Crippen LogP) is 2.44. The molecule has 0 spiro atoms. The molecule has 1 N–H and O–H groups in total. The van der Waals surface area contributed by atoms with Gasteiger partial charge in [0, 0.05) is 0 Å². The average Bonchev–Trinajstić information content (AvgIpc) is 2.21. The second-order valence-electron chi connectivity index (χ2n) is 3.78. The summed E-state index contributed by atoms with van der Waals surface area (Å²) in [4.78, 5) is 0. The standard InChI is InChI=1S/C11H12F3NO2/c12-11(13,14)7-17-10-4-2-1-3-9(10)15-8-5-16-6-8/h1-4,8,15H,5-7H2. The third-order valence-corrected chi connectivity index (χ3v) is 2.28. The third-order valence-electron chi connectivity index (χ3n) is 2.28. The van der Waals surface area contributed by atoms with Gasteiger partial charge >= 0.3 is 6.18 Å². The predicted molar refractivity (Wildman–Crippen MR) is 56.2 cm³/mol. The van der Waals surface area contributed by atoms with Gasteiger partial charge in [0.15, 0.2) is 6.61 Å². The quantitative estimate of drug-likeness (QED) is 0.886. The number of hydrogen-bond donors (Lipinski definition) is 1. The molecule has 1 fully saturated rings. The highest BCUT2D eigenvalue weighted by molar-refractivity contribution is 5.57. The van der Waals surface area contributed by atoms with Crippen LogP contribution in [0.15, 0.2) is 24.3 Å². The van der Waals surface area contributed by atoms with Gasteiger partial charge in [-0.1, -0.05) is 12.1 Å². The van der Waals surface area contributed by atoms with E-state index < -0.39 is 12.8 Å². The highest BCUT2D eigenvalue weighted by atomic mass is 19.4. The molecular weight excluding hydrogens is 235 g/mol. The maximum absolute atomic E-state index is 12.0. The van der Waals surface area contributed by atoms with Crippen LogP contribution in [0.3, 0.4) is 0 Å². The van der Waals surface area contributed by atoms with Crippen LogP contribution in [0, 0.1) is 0 Å². The maximum atomic E-state index is 12.0. The van der Waals surface area contributed by atoms with Gasteiger partial charge in [-0.25, -0.2) is 0 Å². The molecule has 17 heavy (non-hydrogen) atoms. The lowest BCUT2D eigenvalue weighted by Crippen LogP contribution is -2.40. The Kier molecular flexibility index (Phi) is 3.42. The highest BCUT2D eigenvalue weighted by Crippen LogP contribution is 2.27. The number of nitrogens with one attached hydrogen (secondary N) is 1. The molecule has 0 aromatic heterocycles. The molecule has 0 amide bonds. The van der Waals surface area contributed by atoms with Crippen LogP contribution in [0.1, 0.15) is 0 Å². The molecule has 94 valence electrons. The number of para-hydroxylation sites is 2. The van der Waals surface area contributed by atoms with E-state index in [2.05, 4.69) is 5.32 Å². The summed E-state index contributed by atoms with van der Waals surface area (Å²) in [6.45, 7) is -0.159. The first-order valence-corrected chi connectivity index (χ1v) is 5.17. The van der Waals surface area contributed by atoms with Crippen molar-refractivity contribution in [2.75, 3.05) is 25.1 Å². The molecule has 0 saturated carbocycles. The summed E-state index contributed by atoms with van der Waals surface area (Å²) >= 11 is 0. The van der Waals surface area contributed by atoms with Crippen molar-refractivity contribution in [2.24, 2.45) is 0 Å². The fourth-order valence-electron chi connectivity index (χ4n) is 1.41. The van der Waals surface area contributed by atoms with Crippen LogP contribution < -0.4 is 10.1 Å². The normalized spacial score (nSPS) is 16.4. The Hall–Kier alpha value is -1.43. The number of alkyl halides is 3. The SMILES string of the molecule is FC(F)(F)COc1ccccc1NC1COC1. The molecule has 1 aromatic rings. The van der Waals surface area contributed by atoms with Crippen molar-refractivity contribution in [3.05, 3.63) is 24.3 Å². The van der Waals surface area contributed by atoms with Crippen LogP contribution >= 0.6 is 0 Å². The van der Waals surface area contributed by atoms with E-state index in [1.54, 1.807) is 18.2 Å². The molecule has 0 atom stereocenters. The number of rotatable bonds is 4. The first-order chi connectivity index (χ1) is 8.04. The lowest BCUT2D eigenvalue weighted by Gasteiger charge is -2.28. The van der Waals surface area contributed by atoms with Crippen LogP contribution in [0.5, 0.6) is 5.75 Å². The minimum atomic E-state index is -4.33. The molecule has 0 unspecified atom stereocenters. The first-order valence-electron chi connectivity index (χ1n) is 5.17. The summed E-state index contributed by atoms with van der Waals surface area (Å²) in [6.07, 6.45) is -4.33. The van der Waals surface area contributed by atoms with Gasteiger partial charge in [0.1, 0.15) is 5.75 Å². The van der Waals surface area contributed by atoms with Crippen LogP contribution in [-0.2, 0) is 4.74 Å². The second kappa shape index (κ2) is 4.83. The van der Waals surface area contributed by atoms with E-state index in [-0.39, 0.29) is 11.8 Å². The number of hydrogen-bond acceptors (Lipinski definition) is 3. The van der Waals surface area contributed by atoms with Gasteiger partial charge in [-0.05, 0) is 12.1 Å². The van der Waals surface area contributed by atoms with Crippen molar-refractivity contribution < 1.29 is 22.6 Å². The Labute approximate surface area is 96.5 Å². The van der Waals surface area contributed by atoms with Crippen LogP contribution in [-0.4, -0.2) is 32.0 Å². The van der Waals surface area contributed by atoms with Gasteiger partial charge in [-0.3, -0.25) is 0 Å². The van der Waals surface area contributed by atoms with Crippen molar-refractivity contribution in [1.82, 2.24) is 0 Å². The largest absolute Gasteiger partial charge is 0.482 e. The van der Waals surface area contributed by atoms with Crippen LogP contribution in [0.2, 0.25) is 0 Å². The van der Waals surface area contributed by atoms with Crippen LogP contribution in [0.4, 0.5) is 18.9 Å². The molecule has 1 aliphatic rings. The van der Waals surface area contributed by atoms with Gasteiger partial charge in [0.2, 0.25) is 0 Å². The minimum Gasteiger partial charge on any atom is -0.482 e. The molecule has 0 bridgehead atoms. The zero-order valence-corrected chi connectivity index (χ0v) is 8.96. The average molecular weight is 247 g/mol. The second-order valence-corrected chi connectivity index (χ2v) is 3.78. The van der Waals surface area contributed by atoms with Crippen molar-refractivity contribution in [2.45, 2.75) is 12.2 Å². The Morgan fingerprint density at radius 2 is 2.00 bits per heavy atom. The third kappa shape index (κ3) is 3.52. The Bertz CT molecular complexity index is 377. The Morgan fingerprint density at radius 1 is 1.29 bits per heavy atom. The lowest BCUT2D eigenvalue weighted by atomic mass is 10.2. The molecule has 1 aliphatic heterocycles. The zero-order chi connectivity index (χ0) is 12.3. The van der Waals surface area contributed by atoms with Crippen molar-refractivity contribution in [1.29, 1.82) is 0 Å². The van der Waals surface area contributed by atoms with E-state index in [0.29, 0.717) is 18.9 Å². The summed E-state index contributed by atoms with van der Waals surface area (Å²) in [5, 5.41) is 3.07. The van der Waals surface area contributed by atoms with Crippen molar-refractivity contribution >= 4 is 5.69 Å². The molecule has 0 aliphatic carbocycles. The van der Waals surface area contributed by atoms with Crippen molar-refractivity contribution in [3.8, 4) is 5.75 Å². The molecule has 3 nitrogen and oxygen atoms in total. The molecule has 0 radical (unpaired) electrons. The topological polar surface area (TPSA) is 30.5 Å². The fourth-order valence-corrected chi connectivity index (χ4v) is 1.41. The first kappa shape index (κ1) is 12.0. The number of benzene rings is 1. The monoisotopic (exact) mass is 247 g/mol. The van der Waals surface area contributed by atoms with E-state index in [0.717, 1.165) is 0 Å². The molecule has 1 aromatic carbocycles. The van der Waals surface area contributed by atoms with E-state index in [4.69, 9.17) is 9.47 Å². The van der Waals surface area contributed by atoms with Gasteiger partial charge < -0.3 is 14.8 Å². The molecular formula is C11H12F3NO2. The molecule has 1 saturated heterocycles. The molecule has 6 heteroatoms. The Balaban J connectivity index is 1.99. The number of anilines is 1. The Morgan fingerprint density at radius 3 is 2.59 bits per heavy atom. The minimum absolute atomic E-state index is 0.144. The van der Waals surface area contributed by atoms with Gasteiger partial charge in [0.05, 0.1) is 24.9 Å². The fraction of sp³-hybridized carbons (Fsp3) is 0.455. The summed E-state index contributed by atoms with van der Waals surface area (Å²) in [5.41, 5.74) is 0.560. The van der Waals surface area contributed by atoms with Gasteiger partial charge in [-0.15, -0.1) is 0 Å². The van der Waals surface area contributed by atoms with Gasteiger partial charge in [-0.2, -0.15) is 13.2 Å². The lowest BCUT2D eigenvalue weighted by molar-refractivity contribution is -0.153. The van der Waals surface area contributed by atoms with E-state index in [1.165, 1.54) is 6.07 Å². The van der Waals surface area contributed by atoms with Crippen LogP contribution in [0.25, 0.3) is 0 Å². The zero-order valence-electron chi connectivity index (χ0n) is 8.96. The summed E-state index contributed by atoms with van der Waals surface area (Å²) < 4.78 is 45.9. The molecule has 1 heterocycles. The van der Waals surface area contributed by atoms with Gasteiger partial charge in [0.25, 0.3) is 0 Å². The number of ether oxygens (including phenoxy) is 2. The van der Waals surface area contributed by atoms with E-state index >= 15 is 0 Å². The summed E-state index contributed by atoms with van der Waals surface area (Å²) in [5.74, 6) is 0.205. The highest BCUT2D eigenvalue weighted by Gasteiger charge is 2.29. The van der Waals surface area contributed by atoms with Crippen molar-refractivity contribution in [3.63, 3.8) is 0 Å².